The highest BCUT2D eigenvalue weighted by Gasteiger charge is 2.24. The van der Waals surface area contributed by atoms with Crippen LogP contribution in [0.3, 0.4) is 0 Å². The summed E-state index contributed by atoms with van der Waals surface area (Å²) in [7, 11) is 0. The number of halogens is 2. The zero-order valence-corrected chi connectivity index (χ0v) is 9.46. The molecule has 1 rings (SSSR count). The number of nitrogens with zero attached hydrogens (tertiary/aromatic N) is 1. The average Bonchev–Trinajstić information content (AvgIpc) is 2.33. The summed E-state index contributed by atoms with van der Waals surface area (Å²) < 4.78 is 0. The molecule has 4 heteroatoms. The molecule has 0 bridgehead atoms. The van der Waals surface area contributed by atoms with Gasteiger partial charge in [0.15, 0.2) is 0 Å². The first-order valence-electron chi connectivity index (χ1n) is 4.21. The van der Waals surface area contributed by atoms with Gasteiger partial charge < -0.3 is 5.73 Å². The summed E-state index contributed by atoms with van der Waals surface area (Å²) in [5.74, 6) is 0. The van der Waals surface area contributed by atoms with E-state index in [2.05, 4.69) is 18.7 Å². The number of nitrogens with two attached hydrogens (primary N) is 1. The second kappa shape index (κ2) is 6.96. The summed E-state index contributed by atoms with van der Waals surface area (Å²) in [6.45, 7) is 6.57. The van der Waals surface area contributed by atoms with E-state index in [-0.39, 0.29) is 24.8 Å². The topological polar surface area (TPSA) is 29.3 Å². The highest BCUT2D eigenvalue weighted by molar-refractivity contribution is 5.85. The Morgan fingerprint density at radius 1 is 1.42 bits per heavy atom. The summed E-state index contributed by atoms with van der Waals surface area (Å²) in [5.41, 5.74) is 5.62. The van der Waals surface area contributed by atoms with E-state index >= 15 is 0 Å². The first kappa shape index (κ1) is 15.0. The van der Waals surface area contributed by atoms with E-state index in [9.17, 15) is 0 Å². The maximum Gasteiger partial charge on any atom is 0.0221 e. The molecule has 76 valence electrons. The van der Waals surface area contributed by atoms with Crippen molar-refractivity contribution in [2.45, 2.75) is 38.8 Å². The molecule has 2 nitrogen and oxygen atoms in total. The molecule has 0 spiro atoms. The minimum absolute atomic E-state index is 0. The van der Waals surface area contributed by atoms with Crippen molar-refractivity contribution < 1.29 is 0 Å². The highest BCUT2D eigenvalue weighted by Crippen LogP contribution is 2.18. The van der Waals surface area contributed by atoms with Gasteiger partial charge in [0.25, 0.3) is 0 Å². The molecule has 1 atom stereocenters. The van der Waals surface area contributed by atoms with Gasteiger partial charge in [-0.25, -0.2) is 0 Å². The van der Waals surface area contributed by atoms with Crippen LogP contribution in [-0.4, -0.2) is 30.1 Å². The average molecular weight is 215 g/mol. The van der Waals surface area contributed by atoms with Crippen LogP contribution in [0.25, 0.3) is 0 Å². The summed E-state index contributed by atoms with van der Waals surface area (Å²) in [5, 5.41) is 0. The van der Waals surface area contributed by atoms with Gasteiger partial charge in [0.1, 0.15) is 0 Å². The molecule has 1 fully saturated rings. The van der Waals surface area contributed by atoms with Crippen molar-refractivity contribution in [3.63, 3.8) is 0 Å². The Bertz CT molecular complexity index is 109. The van der Waals surface area contributed by atoms with Gasteiger partial charge >= 0.3 is 0 Å². The quantitative estimate of drug-likeness (QED) is 0.759. The van der Waals surface area contributed by atoms with Crippen LogP contribution in [0.1, 0.15) is 26.7 Å². The zero-order chi connectivity index (χ0) is 7.56. The molecule has 2 N–H and O–H groups in total. The van der Waals surface area contributed by atoms with Gasteiger partial charge in [0.05, 0.1) is 0 Å². The van der Waals surface area contributed by atoms with Crippen LogP contribution >= 0.6 is 24.8 Å². The predicted octanol–water partition coefficient (Wildman–Crippen LogP) is 1.66. The molecule has 0 aromatic heterocycles. The standard InChI is InChI=1S/C8H18N2.2ClH/c1-7(2)10-5-3-4-8(10)6-9;;/h7-8H,3-6,9H2,1-2H3;2*1H/t8-;;/m1../s1. The van der Waals surface area contributed by atoms with Crippen LogP contribution in [0.5, 0.6) is 0 Å². The molecule has 12 heavy (non-hydrogen) atoms. The Morgan fingerprint density at radius 2 is 2.00 bits per heavy atom. The van der Waals surface area contributed by atoms with E-state index in [0.717, 1.165) is 6.54 Å². The maximum absolute atomic E-state index is 5.62. The predicted molar refractivity (Wildman–Crippen MR) is 58.4 cm³/mol. The van der Waals surface area contributed by atoms with E-state index in [1.165, 1.54) is 19.4 Å². The van der Waals surface area contributed by atoms with Crippen molar-refractivity contribution in [1.82, 2.24) is 4.90 Å². The van der Waals surface area contributed by atoms with Crippen LogP contribution < -0.4 is 5.73 Å². The number of hydrogen-bond acceptors (Lipinski definition) is 2. The monoisotopic (exact) mass is 214 g/mol. The third kappa shape index (κ3) is 3.48. The fraction of sp³-hybridized carbons (Fsp3) is 1.00. The highest BCUT2D eigenvalue weighted by atomic mass is 35.5. The van der Waals surface area contributed by atoms with Crippen LogP contribution in [0, 0.1) is 0 Å². The first-order chi connectivity index (χ1) is 4.75. The van der Waals surface area contributed by atoms with Gasteiger partial charge in [-0.15, -0.1) is 24.8 Å². The molecular weight excluding hydrogens is 195 g/mol. The van der Waals surface area contributed by atoms with E-state index in [1.54, 1.807) is 0 Å². The Balaban J connectivity index is 0. The van der Waals surface area contributed by atoms with Crippen LogP contribution in [0.15, 0.2) is 0 Å². The molecule has 1 heterocycles. The molecule has 0 radical (unpaired) electrons. The minimum Gasteiger partial charge on any atom is -0.329 e. The van der Waals surface area contributed by atoms with Crippen LogP contribution in [0.2, 0.25) is 0 Å². The van der Waals surface area contributed by atoms with Crippen molar-refractivity contribution >= 4 is 24.8 Å². The third-order valence-electron chi connectivity index (χ3n) is 2.36. The number of likely N-dealkylation sites (tertiary alicyclic amines) is 1. The minimum atomic E-state index is 0. The number of hydrogen-bond donors (Lipinski definition) is 1. The molecule has 0 saturated carbocycles. The second-order valence-corrected chi connectivity index (χ2v) is 3.36. The molecule has 1 aliphatic heterocycles. The van der Waals surface area contributed by atoms with Crippen molar-refractivity contribution in [2.75, 3.05) is 13.1 Å². The Morgan fingerprint density at radius 3 is 2.33 bits per heavy atom. The van der Waals surface area contributed by atoms with Gasteiger partial charge in [-0.1, -0.05) is 0 Å². The maximum atomic E-state index is 5.62. The zero-order valence-electron chi connectivity index (χ0n) is 7.82. The fourth-order valence-corrected chi connectivity index (χ4v) is 1.79. The Labute approximate surface area is 87.7 Å². The smallest absolute Gasteiger partial charge is 0.0221 e. The molecular formula is C8H20Cl2N2. The van der Waals surface area contributed by atoms with Gasteiger partial charge in [-0.05, 0) is 33.2 Å². The van der Waals surface area contributed by atoms with E-state index in [0.29, 0.717) is 12.1 Å². The third-order valence-corrected chi connectivity index (χ3v) is 2.36. The molecule has 0 aromatic rings. The Kier molecular flexibility index (Phi) is 8.69. The number of rotatable bonds is 2. The van der Waals surface area contributed by atoms with Crippen molar-refractivity contribution in [2.24, 2.45) is 5.73 Å². The van der Waals surface area contributed by atoms with Crippen LogP contribution in [-0.2, 0) is 0 Å². The Hall–Kier alpha value is 0.500. The van der Waals surface area contributed by atoms with Crippen LogP contribution in [0.4, 0.5) is 0 Å². The molecule has 0 amide bonds. The summed E-state index contributed by atoms with van der Waals surface area (Å²) in [6.07, 6.45) is 2.63. The lowest BCUT2D eigenvalue weighted by Gasteiger charge is -2.26. The van der Waals surface area contributed by atoms with Crippen molar-refractivity contribution in [3.8, 4) is 0 Å². The molecule has 0 unspecified atom stereocenters. The summed E-state index contributed by atoms with van der Waals surface area (Å²) in [4.78, 5) is 2.50. The lowest BCUT2D eigenvalue weighted by atomic mass is 10.2. The molecule has 1 aliphatic rings. The van der Waals surface area contributed by atoms with Gasteiger partial charge in [0.2, 0.25) is 0 Å². The summed E-state index contributed by atoms with van der Waals surface area (Å²) >= 11 is 0. The molecule has 0 aliphatic carbocycles. The van der Waals surface area contributed by atoms with Gasteiger partial charge in [-0.3, -0.25) is 4.90 Å². The van der Waals surface area contributed by atoms with Crippen molar-refractivity contribution in [1.29, 1.82) is 0 Å². The first-order valence-corrected chi connectivity index (χ1v) is 4.21. The summed E-state index contributed by atoms with van der Waals surface area (Å²) in [6, 6.07) is 1.34. The molecule has 1 saturated heterocycles. The second-order valence-electron chi connectivity index (χ2n) is 3.36. The SMILES string of the molecule is CC(C)N1CCC[C@@H]1CN.Cl.Cl. The molecule has 0 aromatic carbocycles. The van der Waals surface area contributed by atoms with Crippen molar-refractivity contribution in [3.05, 3.63) is 0 Å². The lowest BCUT2D eigenvalue weighted by molar-refractivity contribution is 0.208. The normalized spacial score (nSPS) is 23.5. The van der Waals surface area contributed by atoms with E-state index in [4.69, 9.17) is 5.73 Å². The van der Waals surface area contributed by atoms with Gasteiger partial charge in [-0.2, -0.15) is 0 Å². The van der Waals surface area contributed by atoms with E-state index < -0.39 is 0 Å². The lowest BCUT2D eigenvalue weighted by Crippen LogP contribution is -2.39. The van der Waals surface area contributed by atoms with Gasteiger partial charge in [0, 0.05) is 18.6 Å². The fourth-order valence-electron chi connectivity index (χ4n) is 1.79. The largest absolute Gasteiger partial charge is 0.329 e. The van der Waals surface area contributed by atoms with E-state index in [1.807, 2.05) is 0 Å².